The van der Waals surface area contributed by atoms with Crippen molar-refractivity contribution in [1.82, 2.24) is 10.2 Å². The van der Waals surface area contributed by atoms with Crippen LogP contribution in [0.5, 0.6) is 5.75 Å². The molecule has 0 aromatic heterocycles. The van der Waals surface area contributed by atoms with Crippen LogP contribution in [0.2, 0.25) is 0 Å². The van der Waals surface area contributed by atoms with Gasteiger partial charge in [0.15, 0.2) is 5.60 Å². The lowest BCUT2D eigenvalue weighted by atomic mass is 9.58. The molecule has 2 aromatic carbocycles. The highest BCUT2D eigenvalue weighted by atomic mass is 16.3. The molecule has 0 radical (unpaired) electrons. The fraction of sp³-hybridized carbons (Fsp3) is 0.394. The number of hydrogen-bond donors (Lipinski definition) is 5. The van der Waals surface area contributed by atoms with Crippen molar-refractivity contribution in [2.45, 2.75) is 31.8 Å². The van der Waals surface area contributed by atoms with E-state index in [1.165, 1.54) is 0 Å². The lowest BCUT2D eigenvalue weighted by Crippen LogP contribution is -2.61. The molecule has 3 aliphatic carbocycles. The van der Waals surface area contributed by atoms with Crippen molar-refractivity contribution in [3.05, 3.63) is 63.7 Å². The molecule has 0 spiro atoms. The largest absolute Gasteiger partial charge is 0.507 e. The summed E-state index contributed by atoms with van der Waals surface area (Å²) < 4.78 is 0. The Kier molecular flexibility index (Phi) is 7.89. The zero-order chi connectivity index (χ0) is 32.2. The molecule has 11 heteroatoms. The van der Waals surface area contributed by atoms with E-state index in [-0.39, 0.29) is 42.1 Å². The van der Waals surface area contributed by atoms with Crippen LogP contribution in [-0.2, 0) is 20.8 Å². The smallest absolute Gasteiger partial charge is 0.252 e. The molecule has 0 aliphatic heterocycles. The average Bonchev–Trinajstić information content (AvgIpc) is 2.94. The normalized spacial score (nSPS) is 22.9. The number of aliphatic hydroxyl groups is 2. The van der Waals surface area contributed by atoms with Crippen molar-refractivity contribution in [3.8, 4) is 16.9 Å². The minimum absolute atomic E-state index is 0.0267. The quantitative estimate of drug-likeness (QED) is 0.234. The summed E-state index contributed by atoms with van der Waals surface area (Å²) in [5.41, 5.74) is 5.31. The average molecular weight is 603 g/mol. The Hall–Kier alpha value is -4.48. The Bertz CT molecular complexity index is 1670. The number of rotatable bonds is 7. The summed E-state index contributed by atoms with van der Waals surface area (Å²) in [6.45, 7) is 2.71. The number of amides is 2. The number of ketones is 2. The number of primary amides is 1. The minimum Gasteiger partial charge on any atom is -0.507 e. The molecular formula is C33H38N4O7. The molecular weight excluding hydrogens is 564 g/mol. The summed E-state index contributed by atoms with van der Waals surface area (Å²) in [6.07, 6.45) is 0.604. The highest BCUT2D eigenvalue weighted by molar-refractivity contribution is 6.32. The van der Waals surface area contributed by atoms with Crippen LogP contribution in [0.3, 0.4) is 0 Å². The van der Waals surface area contributed by atoms with E-state index in [0.717, 1.165) is 0 Å². The van der Waals surface area contributed by atoms with E-state index in [4.69, 9.17) is 5.73 Å². The molecule has 0 unspecified atom stereocenters. The predicted molar refractivity (Wildman–Crippen MR) is 165 cm³/mol. The Morgan fingerprint density at radius 3 is 2.41 bits per heavy atom. The number of phenols is 1. The van der Waals surface area contributed by atoms with E-state index in [1.54, 1.807) is 37.3 Å². The number of hydrogen-bond acceptors (Lipinski definition) is 9. The number of Topliss-reactive ketones (excluding diaryl/α,β-unsaturated/α-hetero) is 2. The summed E-state index contributed by atoms with van der Waals surface area (Å²) in [5, 5.41) is 37.8. The number of carbonyl (C=O) groups is 4. The predicted octanol–water partition coefficient (Wildman–Crippen LogP) is 1.95. The van der Waals surface area contributed by atoms with Crippen LogP contribution >= 0.6 is 0 Å². The molecule has 3 aliphatic rings. The van der Waals surface area contributed by atoms with Crippen LogP contribution in [0.15, 0.2) is 47.1 Å². The molecule has 2 aromatic rings. The number of nitrogens with two attached hydrogens (primary N) is 1. The van der Waals surface area contributed by atoms with E-state index in [1.807, 2.05) is 38.0 Å². The van der Waals surface area contributed by atoms with Gasteiger partial charge in [0.25, 0.3) is 11.8 Å². The summed E-state index contributed by atoms with van der Waals surface area (Å²) >= 11 is 0. The first-order valence-corrected chi connectivity index (χ1v) is 14.5. The van der Waals surface area contributed by atoms with Gasteiger partial charge in [0.2, 0.25) is 11.6 Å². The van der Waals surface area contributed by atoms with Crippen molar-refractivity contribution in [1.29, 1.82) is 0 Å². The van der Waals surface area contributed by atoms with Gasteiger partial charge in [-0.25, -0.2) is 0 Å². The van der Waals surface area contributed by atoms with Gasteiger partial charge in [-0.1, -0.05) is 17.7 Å². The number of fused-ring (bicyclic) bond motifs is 3. The molecule has 1 saturated carbocycles. The van der Waals surface area contributed by atoms with Crippen LogP contribution < -0.4 is 16.0 Å². The zero-order valence-corrected chi connectivity index (χ0v) is 25.5. The lowest BCUT2D eigenvalue weighted by Gasteiger charge is -2.46. The van der Waals surface area contributed by atoms with Crippen molar-refractivity contribution in [3.63, 3.8) is 0 Å². The van der Waals surface area contributed by atoms with Gasteiger partial charge in [0.05, 0.1) is 11.1 Å². The monoisotopic (exact) mass is 602 g/mol. The number of nitrogens with zero attached hydrogens (tertiary/aromatic N) is 2. The maximum atomic E-state index is 14.0. The van der Waals surface area contributed by atoms with Gasteiger partial charge in [-0.15, -0.1) is 0 Å². The Morgan fingerprint density at radius 2 is 1.77 bits per heavy atom. The van der Waals surface area contributed by atoms with Crippen molar-refractivity contribution in [2.75, 3.05) is 46.2 Å². The molecule has 3 atom stereocenters. The fourth-order valence-electron chi connectivity index (χ4n) is 6.87. The summed E-state index contributed by atoms with van der Waals surface area (Å²) in [7, 11) is 7.46. The molecule has 0 saturated heterocycles. The second-order valence-electron chi connectivity index (χ2n) is 12.4. The second-order valence-corrected chi connectivity index (χ2v) is 12.4. The minimum atomic E-state index is -2.55. The number of anilines is 1. The number of nitrogens with one attached hydrogen (secondary N) is 1. The third kappa shape index (κ3) is 4.86. The summed E-state index contributed by atoms with van der Waals surface area (Å²) in [6, 6.07) is 8.51. The fourth-order valence-corrected chi connectivity index (χ4v) is 6.87. The molecule has 0 bridgehead atoms. The molecule has 232 valence electrons. The number of likely N-dealkylation sites (N-methyl/N-ethyl adjacent to an activating group) is 1. The van der Waals surface area contributed by atoms with Crippen LogP contribution in [0, 0.1) is 11.8 Å². The third-order valence-electron chi connectivity index (χ3n) is 9.05. The van der Waals surface area contributed by atoms with Crippen LogP contribution in [-0.4, -0.2) is 90.5 Å². The van der Waals surface area contributed by atoms with E-state index in [2.05, 4.69) is 5.32 Å². The van der Waals surface area contributed by atoms with Gasteiger partial charge in [0.1, 0.15) is 11.5 Å². The molecule has 0 heterocycles. The molecule has 5 rings (SSSR count). The first-order valence-electron chi connectivity index (χ1n) is 14.5. The topological polar surface area (TPSA) is 174 Å². The van der Waals surface area contributed by atoms with Crippen molar-refractivity contribution < 1.29 is 34.5 Å². The number of phenolic OH excluding ortho intramolecular Hbond substituents is 1. The van der Waals surface area contributed by atoms with Gasteiger partial charge < -0.3 is 36.2 Å². The van der Waals surface area contributed by atoms with Crippen LogP contribution in [0.4, 0.5) is 5.69 Å². The zero-order valence-electron chi connectivity index (χ0n) is 25.5. The highest BCUT2D eigenvalue weighted by Gasteiger charge is 2.61. The van der Waals surface area contributed by atoms with Crippen molar-refractivity contribution in [2.24, 2.45) is 17.6 Å². The van der Waals surface area contributed by atoms with Gasteiger partial charge in [0, 0.05) is 55.5 Å². The first kappa shape index (κ1) is 31.0. The maximum absolute atomic E-state index is 14.0. The molecule has 6 N–H and O–H groups in total. The molecule has 2 amide bonds. The van der Waals surface area contributed by atoms with Crippen molar-refractivity contribution >= 4 is 34.8 Å². The maximum Gasteiger partial charge on any atom is 0.252 e. The van der Waals surface area contributed by atoms with Gasteiger partial charge in [-0.3, -0.25) is 19.2 Å². The lowest BCUT2D eigenvalue weighted by molar-refractivity contribution is -0.157. The van der Waals surface area contributed by atoms with Crippen LogP contribution in [0.25, 0.3) is 16.9 Å². The number of benzene rings is 2. The highest BCUT2D eigenvalue weighted by Crippen LogP contribution is 2.54. The number of aromatic hydroxyl groups is 1. The molecule has 11 nitrogen and oxygen atoms in total. The summed E-state index contributed by atoms with van der Waals surface area (Å²) in [5.74, 6) is -5.48. The summed E-state index contributed by atoms with van der Waals surface area (Å²) in [4.78, 5) is 56.0. The van der Waals surface area contributed by atoms with E-state index in [9.17, 15) is 34.5 Å². The SMILES string of the molecule is CC1=C(C(N)=O)C(=O)[C@@]2(O)C(=O)C3=C(O)c4c(O)c(-c5cccc(C(=O)NCCN(C)C)c5)cc(N(C)C)c4C[C@H]3C[C@H]2C1. The molecule has 1 fully saturated rings. The van der Waals surface area contributed by atoms with E-state index >= 15 is 0 Å². The van der Waals surface area contributed by atoms with Gasteiger partial charge >= 0.3 is 0 Å². The Balaban J connectivity index is 1.62. The number of aliphatic hydroxyl groups excluding tert-OH is 1. The number of carbonyl (C=O) groups excluding carboxylic acids is 4. The van der Waals surface area contributed by atoms with E-state index < -0.39 is 46.2 Å². The van der Waals surface area contributed by atoms with E-state index in [0.29, 0.717) is 46.6 Å². The Morgan fingerprint density at radius 1 is 1.07 bits per heavy atom. The third-order valence-corrected chi connectivity index (χ3v) is 9.05. The standard InChI is InChI=1S/C33H38N4O7/c1-16-11-20-13-19-14-22-23(37(4)5)15-21(17-7-6-8-18(12-17)32(43)35-9-10-36(2)3)27(38)26(22)28(39)25(19)30(41)33(20,44)29(40)24(16)31(34)42/h6-8,12,15,19-20,38-39,44H,9-11,13-14H2,1-5H3,(H2,34,42)(H,35,43)/t19-,20-,33-/m1/s1. The number of allylic oxidation sites excluding steroid dienone is 1. The van der Waals surface area contributed by atoms with Gasteiger partial charge in [-0.2, -0.15) is 0 Å². The first-order chi connectivity index (χ1) is 20.7. The molecule has 44 heavy (non-hydrogen) atoms. The Labute approximate surface area is 255 Å². The van der Waals surface area contributed by atoms with Gasteiger partial charge in [-0.05, 0) is 75.5 Å². The van der Waals surface area contributed by atoms with Crippen LogP contribution in [0.1, 0.15) is 41.3 Å². The second kappa shape index (κ2) is 11.2.